The molecular weight excluding hydrogens is 617 g/mol. The quantitative estimate of drug-likeness (QED) is 0.131. The van der Waals surface area contributed by atoms with E-state index in [1.54, 1.807) is 38.3 Å². The summed E-state index contributed by atoms with van der Waals surface area (Å²) in [4.78, 5) is 42.3. The zero-order chi connectivity index (χ0) is 32.8. The lowest BCUT2D eigenvalue weighted by atomic mass is 9.72. The number of thiophene rings is 1. The second-order valence-corrected chi connectivity index (χ2v) is 14.6. The Bertz CT molecular complexity index is 1710. The topological polar surface area (TPSA) is 93.7 Å². The first-order valence-electron chi connectivity index (χ1n) is 15.5. The number of nitrogens with one attached hydrogen (secondary N) is 2. The standard InChI is InChI=1S/C37H40N2O5S2/c1-6-44-36(42)31-29-19-18-25(37(2,3)4)21-30(29)46-35(31)39-34(41)32(23-12-8-7-9-13-23)45-28-17-11-15-26(22-28)38-33(40)24-14-10-16-27(20-24)43-5/h7-17,20,22,25,32H,6,18-19,21H2,1-5H3,(H,38,40)(H,39,41). The molecule has 0 spiro atoms. The van der Waals surface area contributed by atoms with Crippen LogP contribution in [0.3, 0.4) is 0 Å². The third-order valence-corrected chi connectivity index (χ3v) is 10.6. The highest BCUT2D eigenvalue weighted by atomic mass is 32.2. The zero-order valence-electron chi connectivity index (χ0n) is 26.8. The molecule has 1 heterocycles. The van der Waals surface area contributed by atoms with E-state index in [-0.39, 0.29) is 23.8 Å². The highest BCUT2D eigenvalue weighted by Crippen LogP contribution is 2.45. The number of methoxy groups -OCH3 is 1. The molecule has 2 atom stereocenters. The molecule has 7 nitrogen and oxygen atoms in total. The normalized spacial score (nSPS) is 14.9. The van der Waals surface area contributed by atoms with Gasteiger partial charge in [-0.25, -0.2) is 4.79 Å². The maximum absolute atomic E-state index is 14.1. The molecule has 2 N–H and O–H groups in total. The number of fused-ring (bicyclic) bond motifs is 1. The molecule has 1 aromatic heterocycles. The summed E-state index contributed by atoms with van der Waals surface area (Å²) in [7, 11) is 1.56. The van der Waals surface area contributed by atoms with Crippen molar-refractivity contribution in [3.05, 3.63) is 106 Å². The summed E-state index contributed by atoms with van der Waals surface area (Å²) in [6.45, 7) is 8.82. The molecule has 3 aromatic carbocycles. The molecular formula is C37H40N2O5S2. The molecule has 0 saturated heterocycles. The van der Waals surface area contributed by atoms with Crippen molar-refractivity contribution >= 4 is 51.6 Å². The summed E-state index contributed by atoms with van der Waals surface area (Å²) in [5.41, 5.74) is 3.54. The third kappa shape index (κ3) is 7.82. The van der Waals surface area contributed by atoms with Gasteiger partial charge in [-0.05, 0) is 85.0 Å². The number of anilines is 2. The van der Waals surface area contributed by atoms with Crippen LogP contribution >= 0.6 is 23.1 Å². The molecule has 1 aliphatic carbocycles. The number of hydrogen-bond acceptors (Lipinski definition) is 7. The Balaban J connectivity index is 1.41. The van der Waals surface area contributed by atoms with Gasteiger partial charge in [0.1, 0.15) is 16.0 Å². The van der Waals surface area contributed by atoms with Crippen molar-refractivity contribution in [3.63, 3.8) is 0 Å². The first-order valence-corrected chi connectivity index (χ1v) is 17.2. The number of benzene rings is 3. The fourth-order valence-corrected chi connectivity index (χ4v) is 8.06. The Hall–Kier alpha value is -4.08. The lowest BCUT2D eigenvalue weighted by Crippen LogP contribution is -2.26. The maximum atomic E-state index is 14.1. The molecule has 0 aliphatic heterocycles. The fraction of sp³-hybridized carbons (Fsp3) is 0.324. The molecule has 46 heavy (non-hydrogen) atoms. The second-order valence-electron chi connectivity index (χ2n) is 12.3. The lowest BCUT2D eigenvalue weighted by Gasteiger charge is -2.33. The van der Waals surface area contributed by atoms with Gasteiger partial charge in [-0.2, -0.15) is 0 Å². The molecule has 2 unspecified atom stereocenters. The molecule has 9 heteroatoms. The van der Waals surface area contributed by atoms with Gasteiger partial charge in [-0.1, -0.05) is 63.2 Å². The monoisotopic (exact) mass is 656 g/mol. The van der Waals surface area contributed by atoms with Gasteiger partial charge in [0.25, 0.3) is 5.91 Å². The Morgan fingerprint density at radius 2 is 1.74 bits per heavy atom. The van der Waals surface area contributed by atoms with Crippen LogP contribution in [-0.2, 0) is 22.4 Å². The van der Waals surface area contributed by atoms with Crippen molar-refractivity contribution in [2.45, 2.75) is 57.1 Å². The third-order valence-electron chi connectivity index (χ3n) is 8.22. The molecule has 5 rings (SSSR count). The van der Waals surface area contributed by atoms with E-state index in [4.69, 9.17) is 9.47 Å². The summed E-state index contributed by atoms with van der Waals surface area (Å²) in [6.07, 6.45) is 2.64. The number of carbonyl (C=O) groups is 3. The summed E-state index contributed by atoms with van der Waals surface area (Å²) in [5, 5.41) is 6.00. The van der Waals surface area contributed by atoms with Crippen LogP contribution in [0.2, 0.25) is 0 Å². The number of amides is 2. The van der Waals surface area contributed by atoms with Gasteiger partial charge in [-0.15, -0.1) is 23.1 Å². The van der Waals surface area contributed by atoms with Crippen molar-refractivity contribution in [2.75, 3.05) is 24.4 Å². The SMILES string of the molecule is CCOC(=O)c1c(NC(=O)C(Sc2cccc(NC(=O)c3cccc(OC)c3)c2)c2ccccc2)sc2c1CCC(C(C)(C)C)C2. The Morgan fingerprint density at radius 1 is 0.978 bits per heavy atom. The van der Waals surface area contributed by atoms with Gasteiger partial charge in [0.2, 0.25) is 5.91 Å². The minimum atomic E-state index is -0.623. The van der Waals surface area contributed by atoms with E-state index in [0.717, 1.165) is 40.2 Å². The zero-order valence-corrected chi connectivity index (χ0v) is 28.5. The van der Waals surface area contributed by atoms with Crippen molar-refractivity contribution in [2.24, 2.45) is 11.3 Å². The molecule has 4 aromatic rings. The summed E-state index contributed by atoms with van der Waals surface area (Å²) in [6, 6.07) is 23.9. The lowest BCUT2D eigenvalue weighted by molar-refractivity contribution is -0.115. The number of hydrogen-bond donors (Lipinski definition) is 2. The average Bonchev–Trinajstić information content (AvgIpc) is 3.41. The van der Waals surface area contributed by atoms with Crippen LogP contribution in [0, 0.1) is 11.3 Å². The molecule has 0 bridgehead atoms. The minimum Gasteiger partial charge on any atom is -0.497 e. The molecule has 1 aliphatic rings. The number of carbonyl (C=O) groups excluding carboxylic acids is 3. The fourth-order valence-electron chi connectivity index (χ4n) is 5.66. The van der Waals surface area contributed by atoms with E-state index in [9.17, 15) is 14.4 Å². The predicted molar refractivity (Wildman–Crippen MR) is 186 cm³/mol. The van der Waals surface area contributed by atoms with E-state index in [1.807, 2.05) is 54.6 Å². The average molecular weight is 657 g/mol. The molecule has 0 fully saturated rings. The molecule has 240 valence electrons. The van der Waals surface area contributed by atoms with E-state index in [2.05, 4.69) is 31.4 Å². The van der Waals surface area contributed by atoms with Crippen molar-refractivity contribution < 1.29 is 23.9 Å². The predicted octanol–water partition coefficient (Wildman–Crippen LogP) is 8.81. The smallest absolute Gasteiger partial charge is 0.341 e. The number of rotatable bonds is 10. The highest BCUT2D eigenvalue weighted by molar-refractivity contribution is 8.00. The highest BCUT2D eigenvalue weighted by Gasteiger charge is 2.35. The van der Waals surface area contributed by atoms with Crippen molar-refractivity contribution in [3.8, 4) is 5.75 Å². The van der Waals surface area contributed by atoms with E-state index in [0.29, 0.717) is 33.5 Å². The van der Waals surface area contributed by atoms with Crippen molar-refractivity contribution in [1.29, 1.82) is 0 Å². The molecule has 0 saturated carbocycles. The van der Waals surface area contributed by atoms with Crippen LogP contribution in [0.1, 0.15) is 76.1 Å². The van der Waals surface area contributed by atoms with E-state index >= 15 is 0 Å². The molecule has 0 radical (unpaired) electrons. The van der Waals surface area contributed by atoms with Gasteiger partial charge in [0.05, 0.1) is 19.3 Å². The number of thioether (sulfide) groups is 1. The number of ether oxygens (including phenoxy) is 2. The Morgan fingerprint density at radius 3 is 2.46 bits per heavy atom. The van der Waals surface area contributed by atoms with Gasteiger partial charge < -0.3 is 20.1 Å². The van der Waals surface area contributed by atoms with E-state index in [1.165, 1.54) is 23.1 Å². The summed E-state index contributed by atoms with van der Waals surface area (Å²) < 4.78 is 10.7. The first-order chi connectivity index (χ1) is 22.1. The van der Waals surface area contributed by atoms with Crippen LogP contribution in [0.5, 0.6) is 5.75 Å². The van der Waals surface area contributed by atoms with Crippen LogP contribution in [0.25, 0.3) is 0 Å². The van der Waals surface area contributed by atoms with E-state index < -0.39 is 11.2 Å². The van der Waals surface area contributed by atoms with Gasteiger partial charge in [-0.3, -0.25) is 9.59 Å². The molecule has 2 amide bonds. The summed E-state index contributed by atoms with van der Waals surface area (Å²) in [5.74, 6) is 0.189. The first kappa shape index (κ1) is 33.3. The van der Waals surface area contributed by atoms with Crippen molar-refractivity contribution in [1.82, 2.24) is 0 Å². The maximum Gasteiger partial charge on any atom is 0.341 e. The second kappa shape index (κ2) is 14.6. The van der Waals surface area contributed by atoms with Gasteiger partial charge in [0.15, 0.2) is 0 Å². The largest absolute Gasteiger partial charge is 0.497 e. The van der Waals surface area contributed by atoms with Crippen LogP contribution in [0.15, 0.2) is 83.8 Å². The number of esters is 1. The Labute approximate surface area is 279 Å². The Kier molecular flexibility index (Phi) is 10.5. The van der Waals surface area contributed by atoms with Crippen LogP contribution in [-0.4, -0.2) is 31.5 Å². The van der Waals surface area contributed by atoms with Crippen LogP contribution in [0.4, 0.5) is 10.7 Å². The summed E-state index contributed by atoms with van der Waals surface area (Å²) >= 11 is 2.88. The van der Waals surface area contributed by atoms with Gasteiger partial charge >= 0.3 is 5.97 Å². The van der Waals surface area contributed by atoms with Gasteiger partial charge in [0, 0.05) is 21.0 Å². The van der Waals surface area contributed by atoms with Crippen LogP contribution < -0.4 is 15.4 Å². The minimum absolute atomic E-state index is 0.145.